The second-order valence-electron chi connectivity index (χ2n) is 6.98. The summed E-state index contributed by atoms with van der Waals surface area (Å²) in [4.78, 5) is 36.9. The molecule has 6 heteroatoms. The van der Waals surface area contributed by atoms with Gasteiger partial charge in [-0.1, -0.05) is 42.5 Å². The van der Waals surface area contributed by atoms with Gasteiger partial charge < -0.3 is 10.1 Å². The van der Waals surface area contributed by atoms with Gasteiger partial charge >= 0.3 is 6.09 Å². The summed E-state index contributed by atoms with van der Waals surface area (Å²) < 4.78 is 5.29. The van der Waals surface area contributed by atoms with Gasteiger partial charge in [-0.15, -0.1) is 0 Å². The number of Topliss-reactive ketones (excluding diaryl/α,β-unsaturated/α-hetero) is 1. The molecular weight excluding hydrogens is 368 g/mol. The molecule has 1 aliphatic heterocycles. The summed E-state index contributed by atoms with van der Waals surface area (Å²) >= 11 is 0. The summed E-state index contributed by atoms with van der Waals surface area (Å²) in [6.07, 6.45) is 1.02. The number of allylic oxidation sites excluding steroid dienone is 2. The third kappa shape index (κ3) is 4.71. The van der Waals surface area contributed by atoms with Crippen LogP contribution in [0.2, 0.25) is 0 Å². The number of hydrogen-bond acceptors (Lipinski definition) is 4. The zero-order chi connectivity index (χ0) is 21.0. The molecule has 2 aromatic carbocycles. The highest BCUT2D eigenvalue weighted by atomic mass is 16.6. The summed E-state index contributed by atoms with van der Waals surface area (Å²) in [5.74, 6) is -0.131. The Labute approximate surface area is 170 Å². The van der Waals surface area contributed by atoms with Crippen LogP contribution in [0, 0.1) is 0 Å². The monoisotopic (exact) mass is 392 g/mol. The molecule has 1 fully saturated rings. The van der Waals surface area contributed by atoms with Crippen LogP contribution < -0.4 is 10.2 Å². The normalized spacial score (nSPS) is 16.5. The van der Waals surface area contributed by atoms with Crippen molar-refractivity contribution in [2.24, 2.45) is 0 Å². The molecule has 0 radical (unpaired) electrons. The number of rotatable bonds is 6. The van der Waals surface area contributed by atoms with Crippen molar-refractivity contribution < 1.29 is 19.1 Å². The second kappa shape index (κ2) is 8.73. The topological polar surface area (TPSA) is 75.7 Å². The number of amides is 2. The van der Waals surface area contributed by atoms with Gasteiger partial charge in [0.1, 0.15) is 6.10 Å². The van der Waals surface area contributed by atoms with E-state index in [-0.39, 0.29) is 17.8 Å². The van der Waals surface area contributed by atoms with Crippen LogP contribution in [-0.4, -0.2) is 37.0 Å². The fourth-order valence-corrected chi connectivity index (χ4v) is 3.10. The fourth-order valence-electron chi connectivity index (χ4n) is 3.10. The first-order chi connectivity index (χ1) is 13.9. The van der Waals surface area contributed by atoms with Gasteiger partial charge in [0.05, 0.1) is 13.1 Å². The number of cyclic esters (lactones) is 1. The number of benzene rings is 2. The Morgan fingerprint density at radius 1 is 1.07 bits per heavy atom. The van der Waals surface area contributed by atoms with Crippen LogP contribution in [0.25, 0.3) is 11.1 Å². The standard InChI is InChI=1S/C23H24N2O4/c1-4-15(2)22(27)19-7-5-17(6-8-19)18-9-11-20(12-10-18)25-14-21(29-23(25)28)13-24-16(3)26/h4-12,21H,13-14H2,1-3H3,(H,24,26)/b15-4-. The van der Waals surface area contributed by atoms with E-state index in [9.17, 15) is 14.4 Å². The number of anilines is 1. The Hall–Kier alpha value is -3.41. The first-order valence-corrected chi connectivity index (χ1v) is 9.49. The van der Waals surface area contributed by atoms with Crippen LogP contribution in [0.4, 0.5) is 10.5 Å². The van der Waals surface area contributed by atoms with Gasteiger partial charge in [-0.25, -0.2) is 4.79 Å². The van der Waals surface area contributed by atoms with Crippen LogP contribution in [0.15, 0.2) is 60.2 Å². The minimum absolute atomic E-state index is 0.0239. The maximum absolute atomic E-state index is 12.2. The Bertz CT molecular complexity index is 946. The van der Waals surface area contributed by atoms with Crippen molar-refractivity contribution in [1.82, 2.24) is 5.32 Å². The van der Waals surface area contributed by atoms with Crippen molar-refractivity contribution in [2.75, 3.05) is 18.0 Å². The molecule has 29 heavy (non-hydrogen) atoms. The molecule has 3 rings (SSSR count). The van der Waals surface area contributed by atoms with Crippen LogP contribution >= 0.6 is 0 Å². The average molecular weight is 392 g/mol. The molecule has 1 aliphatic rings. The van der Waals surface area contributed by atoms with E-state index in [2.05, 4.69) is 5.32 Å². The van der Waals surface area contributed by atoms with Gasteiger partial charge in [0.15, 0.2) is 5.78 Å². The zero-order valence-corrected chi connectivity index (χ0v) is 16.8. The molecule has 0 aliphatic carbocycles. The largest absolute Gasteiger partial charge is 0.442 e. The van der Waals surface area contributed by atoms with Crippen molar-refractivity contribution in [1.29, 1.82) is 0 Å². The minimum atomic E-state index is -0.421. The Morgan fingerprint density at radius 2 is 1.66 bits per heavy atom. The lowest BCUT2D eigenvalue weighted by molar-refractivity contribution is -0.119. The van der Waals surface area contributed by atoms with E-state index in [0.717, 1.165) is 22.4 Å². The molecule has 1 N–H and O–H groups in total. The first kappa shape index (κ1) is 20.3. The van der Waals surface area contributed by atoms with Crippen molar-refractivity contribution in [3.63, 3.8) is 0 Å². The maximum atomic E-state index is 12.2. The van der Waals surface area contributed by atoms with E-state index in [1.54, 1.807) is 17.9 Å². The molecule has 1 atom stereocenters. The van der Waals surface area contributed by atoms with Crippen LogP contribution in [0.1, 0.15) is 31.1 Å². The second-order valence-corrected chi connectivity index (χ2v) is 6.98. The molecule has 6 nitrogen and oxygen atoms in total. The van der Waals surface area contributed by atoms with E-state index < -0.39 is 6.09 Å². The molecule has 0 bridgehead atoms. The number of hydrogen-bond donors (Lipinski definition) is 1. The van der Waals surface area contributed by atoms with Gasteiger partial charge in [0.25, 0.3) is 0 Å². The van der Waals surface area contributed by atoms with Gasteiger partial charge in [0, 0.05) is 18.2 Å². The molecular formula is C23H24N2O4. The predicted octanol–water partition coefficient (Wildman–Crippen LogP) is 3.96. The third-order valence-electron chi connectivity index (χ3n) is 4.90. The van der Waals surface area contributed by atoms with Gasteiger partial charge in [-0.2, -0.15) is 0 Å². The van der Waals surface area contributed by atoms with Crippen molar-refractivity contribution in [3.05, 3.63) is 65.7 Å². The molecule has 1 heterocycles. The average Bonchev–Trinajstić information content (AvgIpc) is 3.12. The number of ketones is 1. The fraction of sp³-hybridized carbons (Fsp3) is 0.261. The van der Waals surface area contributed by atoms with Gasteiger partial charge in [-0.3, -0.25) is 14.5 Å². The molecule has 2 amide bonds. The molecule has 0 aromatic heterocycles. The quantitative estimate of drug-likeness (QED) is 0.596. The van der Waals surface area contributed by atoms with Crippen LogP contribution in [-0.2, 0) is 9.53 Å². The SMILES string of the molecule is C/C=C(/C)C(=O)c1ccc(-c2ccc(N3CC(CNC(C)=O)OC3=O)cc2)cc1. The molecule has 2 aromatic rings. The van der Waals surface area contributed by atoms with Gasteiger partial charge in [0.2, 0.25) is 5.91 Å². The van der Waals surface area contributed by atoms with E-state index in [4.69, 9.17) is 4.74 Å². The Balaban J connectivity index is 1.70. The number of carbonyl (C=O) groups excluding carboxylic acids is 3. The summed E-state index contributed by atoms with van der Waals surface area (Å²) in [6, 6.07) is 15.1. The molecule has 1 saturated heterocycles. The van der Waals surface area contributed by atoms with E-state index in [1.165, 1.54) is 6.92 Å². The molecule has 0 spiro atoms. The van der Waals surface area contributed by atoms with Gasteiger partial charge in [-0.05, 0) is 42.7 Å². The number of carbonyl (C=O) groups is 3. The van der Waals surface area contributed by atoms with Crippen molar-refractivity contribution in [2.45, 2.75) is 26.9 Å². The molecule has 1 unspecified atom stereocenters. The predicted molar refractivity (Wildman–Crippen MR) is 112 cm³/mol. The zero-order valence-electron chi connectivity index (χ0n) is 16.8. The lowest BCUT2D eigenvalue weighted by Crippen LogP contribution is -2.33. The highest BCUT2D eigenvalue weighted by molar-refractivity contribution is 6.08. The Morgan fingerprint density at radius 3 is 2.21 bits per heavy atom. The third-order valence-corrected chi connectivity index (χ3v) is 4.90. The molecule has 0 saturated carbocycles. The lowest BCUT2D eigenvalue weighted by Gasteiger charge is -2.14. The van der Waals surface area contributed by atoms with Crippen molar-refractivity contribution >= 4 is 23.5 Å². The van der Waals surface area contributed by atoms with Crippen LogP contribution in [0.5, 0.6) is 0 Å². The summed E-state index contributed by atoms with van der Waals surface area (Å²) in [6.45, 7) is 5.77. The number of nitrogens with one attached hydrogen (secondary N) is 1. The minimum Gasteiger partial charge on any atom is -0.442 e. The Kier molecular flexibility index (Phi) is 6.12. The summed E-state index contributed by atoms with van der Waals surface area (Å²) in [7, 11) is 0. The van der Waals surface area contributed by atoms with Crippen LogP contribution in [0.3, 0.4) is 0 Å². The highest BCUT2D eigenvalue weighted by Crippen LogP contribution is 2.26. The number of nitrogens with zero attached hydrogens (tertiary/aromatic N) is 1. The smallest absolute Gasteiger partial charge is 0.414 e. The van der Waals surface area contributed by atoms with E-state index in [1.807, 2.05) is 55.5 Å². The summed E-state index contributed by atoms with van der Waals surface area (Å²) in [5, 5.41) is 2.66. The molecule has 150 valence electrons. The van der Waals surface area contributed by atoms with E-state index >= 15 is 0 Å². The van der Waals surface area contributed by atoms with Crippen molar-refractivity contribution in [3.8, 4) is 11.1 Å². The first-order valence-electron chi connectivity index (χ1n) is 9.49. The summed E-state index contributed by atoms with van der Waals surface area (Å²) in [5.41, 5.74) is 4.08. The van der Waals surface area contributed by atoms with E-state index in [0.29, 0.717) is 18.7 Å². The maximum Gasteiger partial charge on any atom is 0.414 e. The number of ether oxygens (including phenoxy) is 1. The lowest BCUT2D eigenvalue weighted by atomic mass is 9.99. The highest BCUT2D eigenvalue weighted by Gasteiger charge is 2.32.